The number of aryl methyl sites for hydroxylation is 2. The van der Waals surface area contributed by atoms with E-state index < -0.39 is 0 Å². The van der Waals surface area contributed by atoms with E-state index in [4.69, 9.17) is 5.26 Å². The van der Waals surface area contributed by atoms with Gasteiger partial charge < -0.3 is 0 Å². The molecular formula is C13H10N4S. The van der Waals surface area contributed by atoms with Gasteiger partial charge in [-0.15, -0.1) is 11.3 Å². The highest BCUT2D eigenvalue weighted by Crippen LogP contribution is 2.32. The highest BCUT2D eigenvalue weighted by atomic mass is 32.1. The Labute approximate surface area is 108 Å². The Kier molecular flexibility index (Phi) is 2.39. The lowest BCUT2D eigenvalue weighted by molar-refractivity contribution is 0.989. The second-order valence-corrected chi connectivity index (χ2v) is 5.24. The van der Waals surface area contributed by atoms with Crippen molar-refractivity contribution in [2.45, 2.75) is 13.8 Å². The molecule has 0 radical (unpaired) electrons. The zero-order chi connectivity index (χ0) is 12.7. The third-order valence-electron chi connectivity index (χ3n) is 3.04. The number of hydrogen-bond donors (Lipinski definition) is 0. The predicted molar refractivity (Wildman–Crippen MR) is 70.9 cm³/mol. The van der Waals surface area contributed by atoms with Crippen LogP contribution in [0.25, 0.3) is 16.0 Å². The Morgan fingerprint density at radius 1 is 1.33 bits per heavy atom. The minimum absolute atomic E-state index is 0.582. The number of thiophene rings is 1. The molecule has 0 saturated heterocycles. The number of nitriles is 1. The average molecular weight is 254 g/mol. The van der Waals surface area contributed by atoms with Gasteiger partial charge >= 0.3 is 0 Å². The first-order valence-corrected chi connectivity index (χ1v) is 6.32. The van der Waals surface area contributed by atoms with Gasteiger partial charge in [-0.25, -0.2) is 9.97 Å². The molecule has 0 spiro atoms. The first kappa shape index (κ1) is 10.9. The summed E-state index contributed by atoms with van der Waals surface area (Å²) in [6.45, 7) is 4.14. The smallest absolute Gasteiger partial charge is 0.150 e. The van der Waals surface area contributed by atoms with E-state index in [-0.39, 0.29) is 0 Å². The van der Waals surface area contributed by atoms with Crippen LogP contribution in [0.3, 0.4) is 0 Å². The first-order chi connectivity index (χ1) is 8.72. The van der Waals surface area contributed by atoms with Crippen LogP contribution in [0.4, 0.5) is 0 Å². The second-order valence-electron chi connectivity index (χ2n) is 4.04. The van der Waals surface area contributed by atoms with Crippen molar-refractivity contribution < 1.29 is 0 Å². The summed E-state index contributed by atoms with van der Waals surface area (Å²) in [6, 6.07) is 5.80. The predicted octanol–water partition coefficient (Wildman–Crippen LogP) is 2.97. The SMILES string of the molecule is Cc1sc2ncnc(-n3cccc3C#N)c2c1C. The Hall–Kier alpha value is -2.19. The fraction of sp³-hybridized carbons (Fsp3) is 0.154. The van der Waals surface area contributed by atoms with Crippen molar-refractivity contribution in [3.8, 4) is 11.9 Å². The molecule has 0 N–H and O–H groups in total. The number of hydrogen-bond acceptors (Lipinski definition) is 4. The van der Waals surface area contributed by atoms with E-state index in [1.165, 1.54) is 10.4 Å². The van der Waals surface area contributed by atoms with Gasteiger partial charge in [-0.1, -0.05) is 0 Å². The summed E-state index contributed by atoms with van der Waals surface area (Å²) < 4.78 is 1.81. The third kappa shape index (κ3) is 1.43. The zero-order valence-corrected chi connectivity index (χ0v) is 10.8. The van der Waals surface area contributed by atoms with Crippen LogP contribution >= 0.6 is 11.3 Å². The lowest BCUT2D eigenvalue weighted by Crippen LogP contribution is -2.00. The minimum atomic E-state index is 0.582. The molecule has 3 heterocycles. The topological polar surface area (TPSA) is 54.5 Å². The summed E-state index contributed by atoms with van der Waals surface area (Å²) in [4.78, 5) is 10.8. The highest BCUT2D eigenvalue weighted by molar-refractivity contribution is 7.18. The van der Waals surface area contributed by atoms with Gasteiger partial charge in [0, 0.05) is 11.1 Å². The van der Waals surface area contributed by atoms with Crippen LogP contribution in [0.5, 0.6) is 0 Å². The Morgan fingerprint density at radius 2 is 2.17 bits per heavy atom. The van der Waals surface area contributed by atoms with E-state index in [9.17, 15) is 0 Å². The van der Waals surface area contributed by atoms with Crippen molar-refractivity contribution in [1.82, 2.24) is 14.5 Å². The number of aromatic nitrogens is 3. The first-order valence-electron chi connectivity index (χ1n) is 5.51. The van der Waals surface area contributed by atoms with Gasteiger partial charge in [0.05, 0.1) is 5.39 Å². The number of fused-ring (bicyclic) bond motifs is 1. The standard InChI is InChI=1S/C13H10N4S/c1-8-9(2)18-13-11(8)12(15-7-16-13)17-5-3-4-10(17)6-14/h3-5,7H,1-2H3. The van der Waals surface area contributed by atoms with E-state index >= 15 is 0 Å². The van der Waals surface area contributed by atoms with Crippen molar-refractivity contribution in [2.24, 2.45) is 0 Å². The summed E-state index contributed by atoms with van der Waals surface area (Å²) >= 11 is 1.66. The quantitative estimate of drug-likeness (QED) is 0.670. The Morgan fingerprint density at radius 3 is 2.94 bits per heavy atom. The Bertz CT molecular complexity index is 776. The molecule has 3 aromatic rings. The molecule has 3 rings (SSSR count). The molecule has 0 aliphatic carbocycles. The number of rotatable bonds is 1. The van der Waals surface area contributed by atoms with Crippen LogP contribution in [0, 0.1) is 25.2 Å². The lowest BCUT2D eigenvalue weighted by Gasteiger charge is -2.05. The van der Waals surface area contributed by atoms with Crippen LogP contribution in [0.15, 0.2) is 24.7 Å². The summed E-state index contributed by atoms with van der Waals surface area (Å²) in [5.74, 6) is 0.781. The molecule has 0 aliphatic rings. The molecule has 0 saturated carbocycles. The van der Waals surface area contributed by atoms with E-state index in [1.54, 1.807) is 23.7 Å². The largest absolute Gasteiger partial charge is 0.292 e. The molecule has 18 heavy (non-hydrogen) atoms. The maximum Gasteiger partial charge on any atom is 0.150 e. The second kappa shape index (κ2) is 3.93. The lowest BCUT2D eigenvalue weighted by atomic mass is 10.2. The summed E-state index contributed by atoms with van der Waals surface area (Å²) in [7, 11) is 0. The van der Waals surface area contributed by atoms with Crippen molar-refractivity contribution in [2.75, 3.05) is 0 Å². The fourth-order valence-corrected chi connectivity index (χ4v) is 2.99. The van der Waals surface area contributed by atoms with Gasteiger partial charge in [0.25, 0.3) is 0 Å². The maximum absolute atomic E-state index is 9.10. The molecule has 0 aromatic carbocycles. The molecule has 0 bridgehead atoms. The number of nitrogens with zero attached hydrogens (tertiary/aromatic N) is 4. The van der Waals surface area contributed by atoms with Crippen molar-refractivity contribution in [3.05, 3.63) is 40.8 Å². The van der Waals surface area contributed by atoms with Crippen LogP contribution < -0.4 is 0 Å². The van der Waals surface area contributed by atoms with Crippen LogP contribution in [-0.2, 0) is 0 Å². The summed E-state index contributed by atoms with van der Waals surface area (Å²) in [6.07, 6.45) is 3.40. The normalized spacial score (nSPS) is 10.7. The van der Waals surface area contributed by atoms with Gasteiger partial charge in [0.2, 0.25) is 0 Å². The molecule has 0 fully saturated rings. The monoisotopic (exact) mass is 254 g/mol. The van der Waals surface area contributed by atoms with Crippen LogP contribution in [0.1, 0.15) is 16.1 Å². The van der Waals surface area contributed by atoms with Gasteiger partial charge in [-0.3, -0.25) is 4.57 Å². The van der Waals surface area contributed by atoms with Crippen molar-refractivity contribution >= 4 is 21.6 Å². The molecule has 5 heteroatoms. The molecule has 0 atom stereocenters. The molecule has 4 nitrogen and oxygen atoms in total. The van der Waals surface area contributed by atoms with E-state index in [1.807, 2.05) is 16.8 Å². The van der Waals surface area contributed by atoms with E-state index in [0.29, 0.717) is 5.69 Å². The molecule has 0 aliphatic heterocycles. The molecule has 0 amide bonds. The third-order valence-corrected chi connectivity index (χ3v) is 4.15. The molecule has 0 unspecified atom stereocenters. The summed E-state index contributed by atoms with van der Waals surface area (Å²) in [5.41, 5.74) is 1.77. The van der Waals surface area contributed by atoms with Crippen LogP contribution in [-0.4, -0.2) is 14.5 Å². The van der Waals surface area contributed by atoms with Gasteiger partial charge in [0.15, 0.2) is 0 Å². The minimum Gasteiger partial charge on any atom is -0.292 e. The highest BCUT2D eigenvalue weighted by Gasteiger charge is 2.14. The molecule has 88 valence electrons. The van der Waals surface area contributed by atoms with Crippen molar-refractivity contribution in [1.29, 1.82) is 5.26 Å². The average Bonchev–Trinajstić information content (AvgIpc) is 2.95. The van der Waals surface area contributed by atoms with Gasteiger partial charge in [0.1, 0.15) is 28.7 Å². The van der Waals surface area contributed by atoms with E-state index in [2.05, 4.69) is 29.9 Å². The molecular weight excluding hydrogens is 244 g/mol. The van der Waals surface area contributed by atoms with Crippen LogP contribution in [0.2, 0.25) is 0 Å². The van der Waals surface area contributed by atoms with Gasteiger partial charge in [-0.2, -0.15) is 5.26 Å². The zero-order valence-electron chi connectivity index (χ0n) is 10.0. The van der Waals surface area contributed by atoms with Crippen molar-refractivity contribution in [3.63, 3.8) is 0 Å². The van der Waals surface area contributed by atoms with E-state index in [0.717, 1.165) is 16.0 Å². The molecule has 3 aromatic heterocycles. The Balaban J connectivity index is 2.40. The summed E-state index contributed by atoms with van der Waals surface area (Å²) in [5, 5.41) is 10.1. The fourth-order valence-electron chi connectivity index (χ4n) is 2.00. The maximum atomic E-state index is 9.10. The van der Waals surface area contributed by atoms with Gasteiger partial charge in [-0.05, 0) is 31.5 Å².